The molecule has 0 aliphatic rings. The molecule has 0 atom stereocenters. The van der Waals surface area contributed by atoms with E-state index < -0.39 is 17.3 Å². The highest BCUT2D eigenvalue weighted by molar-refractivity contribution is 5.88. The van der Waals surface area contributed by atoms with Crippen LogP contribution in [-0.4, -0.2) is 17.2 Å². The van der Waals surface area contributed by atoms with Crippen LogP contribution in [0.15, 0.2) is 17.1 Å². The third-order valence-electron chi connectivity index (χ3n) is 1.97. The Morgan fingerprint density at radius 2 is 2.27 bits per heavy atom. The minimum atomic E-state index is -1.34. The number of aryl methyl sites for hydroxylation is 1. The summed E-state index contributed by atoms with van der Waals surface area (Å²) in [4.78, 5) is 23.8. The van der Waals surface area contributed by atoms with Crippen molar-refractivity contribution in [1.82, 2.24) is 0 Å². The van der Waals surface area contributed by atoms with E-state index in [1.165, 1.54) is 12.1 Å². The first kappa shape index (κ1) is 11.1. The monoisotopic (exact) mass is 209 g/mol. The molecule has 0 heterocycles. The number of halogens is 1. The van der Waals surface area contributed by atoms with Crippen molar-refractivity contribution in [3.63, 3.8) is 0 Å². The number of aliphatic imine (C=N–C) groups is 1. The first-order chi connectivity index (χ1) is 7.06. The van der Waals surface area contributed by atoms with Gasteiger partial charge in [0, 0.05) is 0 Å². The molecule has 5 heteroatoms. The number of carboxylic acids is 1. The molecule has 1 rings (SSSR count). The molecule has 0 spiro atoms. The Balaban J connectivity index is 3.22. The molecule has 0 bridgehead atoms. The van der Waals surface area contributed by atoms with E-state index in [1.807, 2.05) is 0 Å². The normalized spacial score (nSPS) is 9.47. The summed E-state index contributed by atoms with van der Waals surface area (Å²) < 4.78 is 13.1. The second-order valence-corrected chi connectivity index (χ2v) is 2.97. The van der Waals surface area contributed by atoms with Gasteiger partial charge in [-0.05, 0) is 30.2 Å². The average Bonchev–Trinajstić information content (AvgIpc) is 2.16. The van der Waals surface area contributed by atoms with Gasteiger partial charge in [0.15, 0.2) is 0 Å². The van der Waals surface area contributed by atoms with Crippen molar-refractivity contribution in [2.45, 2.75) is 13.5 Å². The SMILES string of the molecule is Cc1cc(F)c(C(=O)O)cc1CN=C=O. The first-order valence-corrected chi connectivity index (χ1v) is 4.12. The summed E-state index contributed by atoms with van der Waals surface area (Å²) in [5.74, 6) is -2.14. The minimum absolute atomic E-state index is 0.00981. The van der Waals surface area contributed by atoms with Gasteiger partial charge in [0.2, 0.25) is 6.08 Å². The zero-order valence-electron chi connectivity index (χ0n) is 7.95. The number of isocyanates is 1. The second kappa shape index (κ2) is 4.48. The summed E-state index contributed by atoms with van der Waals surface area (Å²) in [5, 5.41) is 8.66. The fraction of sp³-hybridized carbons (Fsp3) is 0.200. The third-order valence-corrected chi connectivity index (χ3v) is 1.97. The molecule has 0 unspecified atom stereocenters. The number of nitrogens with zero attached hydrogens (tertiary/aromatic N) is 1. The Hall–Kier alpha value is -2.00. The molecule has 78 valence electrons. The van der Waals surface area contributed by atoms with Crippen LogP contribution in [0.5, 0.6) is 0 Å². The van der Waals surface area contributed by atoms with Crippen molar-refractivity contribution in [3.8, 4) is 0 Å². The molecule has 0 aliphatic carbocycles. The zero-order valence-corrected chi connectivity index (χ0v) is 7.95. The molecular formula is C10H8FNO3. The lowest BCUT2D eigenvalue weighted by molar-refractivity contribution is 0.0691. The summed E-state index contributed by atoms with van der Waals surface area (Å²) >= 11 is 0. The number of hydrogen-bond acceptors (Lipinski definition) is 3. The molecule has 15 heavy (non-hydrogen) atoms. The van der Waals surface area contributed by atoms with Gasteiger partial charge < -0.3 is 5.11 Å². The van der Waals surface area contributed by atoms with Crippen LogP contribution in [0.1, 0.15) is 21.5 Å². The number of benzene rings is 1. The van der Waals surface area contributed by atoms with Crippen LogP contribution in [-0.2, 0) is 11.3 Å². The van der Waals surface area contributed by atoms with Crippen LogP contribution in [0.25, 0.3) is 0 Å². The quantitative estimate of drug-likeness (QED) is 0.608. The molecule has 1 N–H and O–H groups in total. The maximum absolute atomic E-state index is 13.1. The molecule has 0 aromatic heterocycles. The first-order valence-electron chi connectivity index (χ1n) is 4.12. The topological polar surface area (TPSA) is 66.7 Å². The Labute approximate surface area is 85.1 Å². The predicted octanol–water partition coefficient (Wildman–Crippen LogP) is 1.67. The third kappa shape index (κ3) is 2.48. The molecule has 0 saturated heterocycles. The molecule has 1 aromatic rings. The Morgan fingerprint density at radius 3 is 2.80 bits per heavy atom. The van der Waals surface area contributed by atoms with Gasteiger partial charge in [-0.1, -0.05) is 0 Å². The summed E-state index contributed by atoms with van der Waals surface area (Å²) in [6, 6.07) is 2.28. The van der Waals surface area contributed by atoms with Crippen molar-refractivity contribution < 1.29 is 19.1 Å². The molecule has 0 amide bonds. The molecule has 0 saturated carbocycles. The number of carbonyl (C=O) groups excluding carboxylic acids is 1. The van der Waals surface area contributed by atoms with Crippen LogP contribution < -0.4 is 0 Å². The molecule has 4 nitrogen and oxygen atoms in total. The summed E-state index contributed by atoms with van der Waals surface area (Å²) in [6.07, 6.45) is 1.34. The standard InChI is InChI=1S/C10H8FNO3/c1-6-2-9(11)8(10(14)15)3-7(6)4-12-5-13/h2-3H,4H2,1H3,(H,14,15). The predicted molar refractivity (Wildman–Crippen MR) is 49.9 cm³/mol. The van der Waals surface area contributed by atoms with Crippen molar-refractivity contribution in [2.24, 2.45) is 4.99 Å². The van der Waals surface area contributed by atoms with Crippen molar-refractivity contribution in [3.05, 3.63) is 34.6 Å². The van der Waals surface area contributed by atoms with Crippen LogP contribution in [0, 0.1) is 12.7 Å². The Kier molecular flexibility index (Phi) is 3.31. The highest BCUT2D eigenvalue weighted by Crippen LogP contribution is 2.16. The van der Waals surface area contributed by atoms with Gasteiger partial charge in [-0.2, -0.15) is 0 Å². The smallest absolute Gasteiger partial charge is 0.338 e. The van der Waals surface area contributed by atoms with Crippen molar-refractivity contribution in [1.29, 1.82) is 0 Å². The molecule has 0 fully saturated rings. The lowest BCUT2D eigenvalue weighted by Crippen LogP contribution is -2.03. The lowest BCUT2D eigenvalue weighted by atomic mass is 10.0. The summed E-state index contributed by atoms with van der Waals surface area (Å²) in [7, 11) is 0. The van der Waals surface area contributed by atoms with E-state index >= 15 is 0 Å². The number of hydrogen-bond donors (Lipinski definition) is 1. The van der Waals surface area contributed by atoms with Crippen LogP contribution in [0.4, 0.5) is 4.39 Å². The number of rotatable bonds is 3. The molecule has 0 aliphatic heterocycles. The van der Waals surface area contributed by atoms with Crippen LogP contribution in [0.3, 0.4) is 0 Å². The molecule has 0 radical (unpaired) electrons. The van der Waals surface area contributed by atoms with E-state index in [1.54, 1.807) is 6.92 Å². The van der Waals surface area contributed by atoms with Gasteiger partial charge >= 0.3 is 5.97 Å². The maximum Gasteiger partial charge on any atom is 0.338 e. The van der Waals surface area contributed by atoms with Gasteiger partial charge in [-0.25, -0.2) is 19.0 Å². The second-order valence-electron chi connectivity index (χ2n) is 2.97. The van der Waals surface area contributed by atoms with Gasteiger partial charge in [-0.3, -0.25) is 0 Å². The van der Waals surface area contributed by atoms with Gasteiger partial charge in [0.05, 0.1) is 12.1 Å². The van der Waals surface area contributed by atoms with E-state index in [0.29, 0.717) is 11.1 Å². The van der Waals surface area contributed by atoms with Crippen molar-refractivity contribution >= 4 is 12.0 Å². The van der Waals surface area contributed by atoms with E-state index in [2.05, 4.69) is 4.99 Å². The van der Waals surface area contributed by atoms with Gasteiger partial charge in [0.25, 0.3) is 0 Å². The van der Waals surface area contributed by atoms with Gasteiger partial charge in [-0.15, -0.1) is 0 Å². The van der Waals surface area contributed by atoms with Gasteiger partial charge in [0.1, 0.15) is 5.82 Å². The Bertz CT molecular complexity index is 450. The lowest BCUT2D eigenvalue weighted by Gasteiger charge is -2.04. The van der Waals surface area contributed by atoms with Crippen LogP contribution in [0.2, 0.25) is 0 Å². The Morgan fingerprint density at radius 1 is 1.60 bits per heavy atom. The number of aromatic carboxylic acids is 1. The largest absolute Gasteiger partial charge is 0.478 e. The summed E-state index contributed by atoms with van der Waals surface area (Å²) in [6.45, 7) is 1.63. The van der Waals surface area contributed by atoms with Crippen molar-refractivity contribution in [2.75, 3.05) is 0 Å². The number of carboxylic acid groups (broad SMARTS) is 1. The molecule has 1 aromatic carbocycles. The highest BCUT2D eigenvalue weighted by atomic mass is 19.1. The highest BCUT2D eigenvalue weighted by Gasteiger charge is 2.12. The minimum Gasteiger partial charge on any atom is -0.478 e. The van der Waals surface area contributed by atoms with E-state index in [-0.39, 0.29) is 6.54 Å². The number of carbonyl (C=O) groups is 1. The van der Waals surface area contributed by atoms with E-state index in [4.69, 9.17) is 5.11 Å². The fourth-order valence-electron chi connectivity index (χ4n) is 1.17. The fourth-order valence-corrected chi connectivity index (χ4v) is 1.17. The van der Waals surface area contributed by atoms with E-state index in [0.717, 1.165) is 6.07 Å². The maximum atomic E-state index is 13.1. The zero-order chi connectivity index (χ0) is 11.4. The van der Waals surface area contributed by atoms with E-state index in [9.17, 15) is 14.0 Å². The summed E-state index contributed by atoms with van der Waals surface area (Å²) in [5.41, 5.74) is 0.630. The molecular weight excluding hydrogens is 201 g/mol. The average molecular weight is 209 g/mol. The van der Waals surface area contributed by atoms with Crippen LogP contribution >= 0.6 is 0 Å².